The Morgan fingerprint density at radius 1 is 1.54 bits per heavy atom. The van der Waals surface area contributed by atoms with E-state index in [0.29, 0.717) is 28.0 Å². The molecule has 0 fully saturated rings. The monoisotopic (exact) mass is 218 g/mol. The van der Waals surface area contributed by atoms with Crippen molar-refractivity contribution in [3.05, 3.63) is 16.5 Å². The average molecular weight is 218 g/mol. The third kappa shape index (κ3) is 1.97. The van der Waals surface area contributed by atoms with Crippen molar-refractivity contribution in [2.75, 3.05) is 6.26 Å². The molecule has 1 aromatic rings. The fourth-order valence-electron chi connectivity index (χ4n) is 1.14. The highest BCUT2D eigenvalue weighted by atomic mass is 32.2. The van der Waals surface area contributed by atoms with Gasteiger partial charge in [0.15, 0.2) is 16.1 Å². The summed E-state index contributed by atoms with van der Waals surface area (Å²) in [6, 6.07) is 0. The standard InChI is InChI=1S/C8H10O3S2/c1-3-7-6(4-9)5-12-8(7)13(2,10)11/h4-5H,3H2,1-2H3. The molecule has 0 atom stereocenters. The SMILES string of the molecule is CCc1c(C=O)csc1S(C)(=O)=O. The maximum absolute atomic E-state index is 11.2. The van der Waals surface area contributed by atoms with Crippen LogP contribution in [0.25, 0.3) is 0 Å². The summed E-state index contributed by atoms with van der Waals surface area (Å²) < 4.78 is 22.8. The summed E-state index contributed by atoms with van der Waals surface area (Å²) in [6.45, 7) is 1.84. The van der Waals surface area contributed by atoms with Crippen molar-refractivity contribution in [2.45, 2.75) is 17.6 Å². The van der Waals surface area contributed by atoms with E-state index in [1.165, 1.54) is 0 Å². The van der Waals surface area contributed by atoms with Gasteiger partial charge in [0.05, 0.1) is 0 Å². The Hall–Kier alpha value is -0.680. The first-order valence-electron chi connectivity index (χ1n) is 3.76. The van der Waals surface area contributed by atoms with Crippen molar-refractivity contribution in [3.8, 4) is 0 Å². The zero-order chi connectivity index (χ0) is 10.1. The van der Waals surface area contributed by atoms with Gasteiger partial charge in [-0.25, -0.2) is 8.42 Å². The maximum atomic E-state index is 11.2. The topological polar surface area (TPSA) is 51.2 Å². The molecule has 1 heterocycles. The van der Waals surface area contributed by atoms with Gasteiger partial charge in [0.2, 0.25) is 0 Å². The molecule has 0 spiro atoms. The van der Waals surface area contributed by atoms with E-state index in [2.05, 4.69) is 0 Å². The molecule has 1 rings (SSSR count). The quantitative estimate of drug-likeness (QED) is 0.723. The van der Waals surface area contributed by atoms with E-state index in [1.54, 1.807) is 5.38 Å². The van der Waals surface area contributed by atoms with Crippen LogP contribution in [0, 0.1) is 0 Å². The van der Waals surface area contributed by atoms with E-state index in [9.17, 15) is 13.2 Å². The van der Waals surface area contributed by atoms with Gasteiger partial charge in [-0.15, -0.1) is 11.3 Å². The highest BCUT2D eigenvalue weighted by molar-refractivity contribution is 7.92. The van der Waals surface area contributed by atoms with Crippen LogP contribution in [0.5, 0.6) is 0 Å². The van der Waals surface area contributed by atoms with Crippen LogP contribution in [0.15, 0.2) is 9.59 Å². The smallest absolute Gasteiger partial charge is 0.185 e. The average Bonchev–Trinajstić information content (AvgIpc) is 2.45. The molecule has 5 heteroatoms. The zero-order valence-corrected chi connectivity index (χ0v) is 9.04. The van der Waals surface area contributed by atoms with Gasteiger partial charge < -0.3 is 0 Å². The molecule has 1 aromatic heterocycles. The fraction of sp³-hybridized carbons (Fsp3) is 0.375. The van der Waals surface area contributed by atoms with Crippen molar-refractivity contribution in [1.82, 2.24) is 0 Å². The maximum Gasteiger partial charge on any atom is 0.185 e. The van der Waals surface area contributed by atoms with Crippen LogP contribution >= 0.6 is 11.3 Å². The summed E-state index contributed by atoms with van der Waals surface area (Å²) in [5.74, 6) is 0. The number of rotatable bonds is 3. The first kappa shape index (κ1) is 10.4. The Morgan fingerprint density at radius 3 is 2.54 bits per heavy atom. The molecule has 0 radical (unpaired) electrons. The van der Waals surface area contributed by atoms with Crippen molar-refractivity contribution in [1.29, 1.82) is 0 Å². The van der Waals surface area contributed by atoms with Gasteiger partial charge in [0.25, 0.3) is 0 Å². The minimum atomic E-state index is -3.18. The van der Waals surface area contributed by atoms with E-state index in [4.69, 9.17) is 0 Å². The summed E-state index contributed by atoms with van der Waals surface area (Å²) in [5.41, 5.74) is 1.13. The van der Waals surface area contributed by atoms with Gasteiger partial charge in [-0.05, 0) is 12.0 Å². The molecule has 13 heavy (non-hydrogen) atoms. The summed E-state index contributed by atoms with van der Waals surface area (Å²) >= 11 is 1.11. The summed E-state index contributed by atoms with van der Waals surface area (Å²) in [6.07, 6.45) is 2.43. The first-order chi connectivity index (χ1) is 6.00. The van der Waals surface area contributed by atoms with Gasteiger partial charge in [0.1, 0.15) is 4.21 Å². The van der Waals surface area contributed by atoms with E-state index >= 15 is 0 Å². The molecule has 0 bridgehead atoms. The number of sulfone groups is 1. The molecule has 0 saturated heterocycles. The number of carbonyl (C=O) groups excluding carboxylic acids is 1. The molecule has 0 unspecified atom stereocenters. The normalized spacial score (nSPS) is 11.5. The molecule has 0 aromatic carbocycles. The molecule has 0 aliphatic carbocycles. The number of aldehydes is 1. The molecule has 0 N–H and O–H groups in total. The Morgan fingerprint density at radius 2 is 2.15 bits per heavy atom. The molecule has 0 aliphatic heterocycles. The third-order valence-electron chi connectivity index (χ3n) is 1.71. The summed E-state index contributed by atoms with van der Waals surface area (Å²) in [7, 11) is -3.18. The largest absolute Gasteiger partial charge is 0.298 e. The lowest BCUT2D eigenvalue weighted by molar-refractivity contribution is 0.112. The van der Waals surface area contributed by atoms with Gasteiger partial charge in [0, 0.05) is 17.2 Å². The molecule has 3 nitrogen and oxygen atoms in total. The molecule has 0 aliphatic rings. The number of hydrogen-bond acceptors (Lipinski definition) is 4. The highest BCUT2D eigenvalue weighted by Crippen LogP contribution is 2.26. The molecular weight excluding hydrogens is 208 g/mol. The lowest BCUT2D eigenvalue weighted by atomic mass is 10.2. The lowest BCUT2D eigenvalue weighted by Crippen LogP contribution is -1.98. The van der Waals surface area contributed by atoms with Gasteiger partial charge in [-0.1, -0.05) is 6.92 Å². The summed E-state index contributed by atoms with van der Waals surface area (Å²) in [4.78, 5) is 10.5. The van der Waals surface area contributed by atoms with Crippen LogP contribution in [0.1, 0.15) is 22.8 Å². The number of thiophene rings is 1. The second-order valence-corrected chi connectivity index (χ2v) is 5.79. The first-order valence-corrected chi connectivity index (χ1v) is 6.53. The van der Waals surface area contributed by atoms with Gasteiger partial charge in [-0.3, -0.25) is 4.79 Å². The molecular formula is C8H10O3S2. The Bertz CT molecular complexity index is 415. The highest BCUT2D eigenvalue weighted by Gasteiger charge is 2.17. The van der Waals surface area contributed by atoms with Gasteiger partial charge in [-0.2, -0.15) is 0 Å². The second kappa shape index (κ2) is 3.59. The second-order valence-electron chi connectivity index (χ2n) is 2.70. The minimum Gasteiger partial charge on any atom is -0.298 e. The van der Waals surface area contributed by atoms with Gasteiger partial charge >= 0.3 is 0 Å². The Balaban J connectivity index is 3.40. The van der Waals surface area contributed by atoms with Crippen LogP contribution in [-0.2, 0) is 16.3 Å². The van der Waals surface area contributed by atoms with E-state index < -0.39 is 9.84 Å². The predicted molar refractivity (Wildman–Crippen MR) is 52.2 cm³/mol. The van der Waals surface area contributed by atoms with Crippen molar-refractivity contribution >= 4 is 27.5 Å². The van der Waals surface area contributed by atoms with Crippen molar-refractivity contribution in [3.63, 3.8) is 0 Å². The van der Waals surface area contributed by atoms with Crippen LogP contribution in [-0.4, -0.2) is 21.0 Å². The van der Waals surface area contributed by atoms with Crippen LogP contribution < -0.4 is 0 Å². The Labute approximate surface area is 81.3 Å². The lowest BCUT2D eigenvalue weighted by Gasteiger charge is -1.98. The number of carbonyl (C=O) groups is 1. The van der Waals surface area contributed by atoms with Crippen LogP contribution in [0.4, 0.5) is 0 Å². The number of hydrogen-bond donors (Lipinski definition) is 0. The summed E-state index contributed by atoms with van der Waals surface area (Å²) in [5, 5.41) is 1.59. The molecule has 0 amide bonds. The third-order valence-corrected chi connectivity index (χ3v) is 4.65. The minimum absolute atomic E-state index is 0.317. The fourth-order valence-corrected chi connectivity index (χ4v) is 3.53. The van der Waals surface area contributed by atoms with Crippen molar-refractivity contribution < 1.29 is 13.2 Å². The van der Waals surface area contributed by atoms with Crippen LogP contribution in [0.3, 0.4) is 0 Å². The Kier molecular flexibility index (Phi) is 2.87. The van der Waals surface area contributed by atoms with E-state index in [1.807, 2.05) is 6.92 Å². The van der Waals surface area contributed by atoms with E-state index in [0.717, 1.165) is 17.6 Å². The predicted octanol–water partition coefficient (Wildman–Crippen LogP) is 1.53. The molecule has 72 valence electrons. The zero-order valence-electron chi connectivity index (χ0n) is 7.40. The van der Waals surface area contributed by atoms with Crippen LogP contribution in [0.2, 0.25) is 0 Å². The van der Waals surface area contributed by atoms with E-state index in [-0.39, 0.29) is 0 Å². The van der Waals surface area contributed by atoms with Crippen molar-refractivity contribution in [2.24, 2.45) is 0 Å². The molecule has 0 saturated carbocycles.